The lowest BCUT2D eigenvalue weighted by Crippen LogP contribution is -2.51. The first-order valence-electron chi connectivity index (χ1n) is 6.37. The Hall–Kier alpha value is -0.610. The average molecular weight is 245 g/mol. The van der Waals surface area contributed by atoms with E-state index in [0.29, 0.717) is 25.7 Å². The highest BCUT2D eigenvalue weighted by molar-refractivity contribution is 5.80. The van der Waals surface area contributed by atoms with Crippen molar-refractivity contribution in [3.8, 4) is 0 Å². The van der Waals surface area contributed by atoms with Crippen LogP contribution in [-0.2, 0) is 14.3 Å². The van der Waals surface area contributed by atoms with Gasteiger partial charge in [-0.3, -0.25) is 10.1 Å². The quantitative estimate of drug-likeness (QED) is 0.498. The van der Waals surface area contributed by atoms with Gasteiger partial charge < -0.3 is 9.47 Å². The van der Waals surface area contributed by atoms with E-state index >= 15 is 0 Å². The van der Waals surface area contributed by atoms with E-state index < -0.39 is 5.54 Å². The molecular weight excluding hydrogens is 218 g/mol. The Morgan fingerprint density at radius 3 is 2.53 bits per heavy atom. The van der Waals surface area contributed by atoms with Crippen LogP contribution in [0.3, 0.4) is 0 Å². The normalized spacial score (nSPS) is 14.7. The minimum Gasteiger partial charge on any atom is -0.465 e. The van der Waals surface area contributed by atoms with E-state index in [1.54, 1.807) is 7.11 Å². The minimum absolute atomic E-state index is 0.170. The smallest absolute Gasteiger partial charge is 0.326 e. The number of carbonyl (C=O) groups is 1. The van der Waals surface area contributed by atoms with Crippen LogP contribution in [0, 0.1) is 5.92 Å². The second-order valence-electron chi connectivity index (χ2n) is 4.90. The van der Waals surface area contributed by atoms with E-state index in [-0.39, 0.29) is 5.97 Å². The molecule has 0 aliphatic carbocycles. The molecule has 0 saturated heterocycles. The van der Waals surface area contributed by atoms with Gasteiger partial charge in [0.05, 0.1) is 13.2 Å². The fourth-order valence-electron chi connectivity index (χ4n) is 1.56. The van der Waals surface area contributed by atoms with Crippen molar-refractivity contribution in [2.24, 2.45) is 5.92 Å². The molecule has 0 rings (SSSR count). The first-order chi connectivity index (χ1) is 7.96. The van der Waals surface area contributed by atoms with Crippen LogP contribution in [0.15, 0.2) is 0 Å². The van der Waals surface area contributed by atoms with E-state index in [4.69, 9.17) is 9.47 Å². The molecule has 0 aromatic heterocycles. The second-order valence-corrected chi connectivity index (χ2v) is 4.90. The van der Waals surface area contributed by atoms with E-state index in [9.17, 15) is 4.79 Å². The second kappa shape index (κ2) is 8.48. The predicted molar refractivity (Wildman–Crippen MR) is 69.0 cm³/mol. The molecule has 1 unspecified atom stereocenters. The lowest BCUT2D eigenvalue weighted by Gasteiger charge is -2.29. The summed E-state index contributed by atoms with van der Waals surface area (Å²) in [5.41, 5.74) is -0.598. The number of carbonyl (C=O) groups excluding carboxylic acids is 1. The third-order valence-electron chi connectivity index (χ3n) is 2.77. The Balaban J connectivity index is 4.38. The maximum absolute atomic E-state index is 11.9. The van der Waals surface area contributed by atoms with Crippen LogP contribution in [0.4, 0.5) is 0 Å². The lowest BCUT2D eigenvalue weighted by molar-refractivity contribution is -0.151. The SMILES string of the molecule is CCOC(=O)C(C)(CCC(C)C)NCCOC. The van der Waals surface area contributed by atoms with Crippen molar-refractivity contribution < 1.29 is 14.3 Å². The van der Waals surface area contributed by atoms with Crippen molar-refractivity contribution in [1.82, 2.24) is 5.32 Å². The van der Waals surface area contributed by atoms with Gasteiger partial charge in [-0.1, -0.05) is 13.8 Å². The van der Waals surface area contributed by atoms with Gasteiger partial charge in [-0.25, -0.2) is 0 Å². The summed E-state index contributed by atoms with van der Waals surface area (Å²) in [5.74, 6) is 0.407. The Morgan fingerprint density at radius 1 is 1.41 bits per heavy atom. The zero-order valence-corrected chi connectivity index (χ0v) is 11.8. The van der Waals surface area contributed by atoms with E-state index in [1.807, 2.05) is 13.8 Å². The molecule has 0 bridgehead atoms. The van der Waals surface area contributed by atoms with Gasteiger partial charge in [-0.15, -0.1) is 0 Å². The Bertz CT molecular complexity index is 219. The molecule has 0 heterocycles. The summed E-state index contributed by atoms with van der Waals surface area (Å²) in [4.78, 5) is 11.9. The van der Waals surface area contributed by atoms with Gasteiger partial charge in [0.15, 0.2) is 0 Å². The fraction of sp³-hybridized carbons (Fsp3) is 0.923. The van der Waals surface area contributed by atoms with E-state index in [1.165, 1.54) is 0 Å². The minimum atomic E-state index is -0.598. The van der Waals surface area contributed by atoms with E-state index in [0.717, 1.165) is 12.8 Å². The summed E-state index contributed by atoms with van der Waals surface area (Å²) in [7, 11) is 1.65. The molecule has 0 aliphatic heterocycles. The molecule has 0 aliphatic rings. The molecule has 1 atom stereocenters. The molecule has 0 radical (unpaired) electrons. The van der Waals surface area contributed by atoms with Crippen molar-refractivity contribution >= 4 is 5.97 Å². The largest absolute Gasteiger partial charge is 0.465 e. The van der Waals surface area contributed by atoms with Crippen LogP contribution in [0.25, 0.3) is 0 Å². The van der Waals surface area contributed by atoms with Crippen LogP contribution in [-0.4, -0.2) is 38.4 Å². The third kappa shape index (κ3) is 6.64. The average Bonchev–Trinajstić information content (AvgIpc) is 2.27. The molecule has 0 amide bonds. The first-order valence-corrected chi connectivity index (χ1v) is 6.37. The van der Waals surface area contributed by atoms with Crippen molar-refractivity contribution in [1.29, 1.82) is 0 Å². The van der Waals surface area contributed by atoms with Crippen LogP contribution in [0.2, 0.25) is 0 Å². The van der Waals surface area contributed by atoms with Crippen LogP contribution >= 0.6 is 0 Å². The Morgan fingerprint density at radius 2 is 2.06 bits per heavy atom. The summed E-state index contributed by atoms with van der Waals surface area (Å²) in [6, 6.07) is 0. The standard InChI is InChI=1S/C13H27NO3/c1-6-17-12(15)13(4,8-7-11(2)3)14-9-10-16-5/h11,14H,6-10H2,1-5H3. The van der Waals surface area contributed by atoms with Gasteiger partial charge in [-0.05, 0) is 32.6 Å². The first kappa shape index (κ1) is 16.4. The van der Waals surface area contributed by atoms with Crippen molar-refractivity contribution in [2.75, 3.05) is 26.9 Å². The molecule has 17 heavy (non-hydrogen) atoms. The molecule has 0 aromatic carbocycles. The Kier molecular flexibility index (Phi) is 8.17. The maximum Gasteiger partial charge on any atom is 0.326 e. The van der Waals surface area contributed by atoms with Gasteiger partial charge in [0, 0.05) is 13.7 Å². The zero-order valence-electron chi connectivity index (χ0n) is 11.8. The summed E-state index contributed by atoms with van der Waals surface area (Å²) < 4.78 is 10.1. The van der Waals surface area contributed by atoms with Gasteiger partial charge in [0.2, 0.25) is 0 Å². The number of ether oxygens (including phenoxy) is 2. The van der Waals surface area contributed by atoms with Crippen molar-refractivity contribution in [2.45, 2.75) is 46.1 Å². The maximum atomic E-state index is 11.9. The highest BCUT2D eigenvalue weighted by atomic mass is 16.5. The summed E-state index contributed by atoms with van der Waals surface area (Å²) in [5, 5.41) is 3.24. The number of hydrogen-bond donors (Lipinski definition) is 1. The molecule has 0 spiro atoms. The topological polar surface area (TPSA) is 47.6 Å². The number of nitrogens with one attached hydrogen (secondary N) is 1. The summed E-state index contributed by atoms with van der Waals surface area (Å²) in [6.45, 7) is 9.71. The third-order valence-corrected chi connectivity index (χ3v) is 2.77. The highest BCUT2D eigenvalue weighted by Crippen LogP contribution is 2.18. The molecular formula is C13H27NO3. The lowest BCUT2D eigenvalue weighted by atomic mass is 9.92. The summed E-state index contributed by atoms with van der Waals surface area (Å²) in [6.07, 6.45) is 1.78. The van der Waals surface area contributed by atoms with Gasteiger partial charge >= 0.3 is 5.97 Å². The molecule has 1 N–H and O–H groups in total. The molecule has 4 heteroatoms. The van der Waals surface area contributed by atoms with E-state index in [2.05, 4.69) is 19.2 Å². The van der Waals surface area contributed by atoms with Crippen molar-refractivity contribution in [3.05, 3.63) is 0 Å². The number of esters is 1. The van der Waals surface area contributed by atoms with Crippen LogP contribution in [0.5, 0.6) is 0 Å². The van der Waals surface area contributed by atoms with Gasteiger partial charge in [0.1, 0.15) is 5.54 Å². The van der Waals surface area contributed by atoms with Gasteiger partial charge in [0.25, 0.3) is 0 Å². The number of hydrogen-bond acceptors (Lipinski definition) is 4. The molecule has 0 saturated carbocycles. The number of methoxy groups -OCH3 is 1. The van der Waals surface area contributed by atoms with Crippen LogP contribution in [0.1, 0.15) is 40.5 Å². The monoisotopic (exact) mass is 245 g/mol. The molecule has 0 aromatic rings. The van der Waals surface area contributed by atoms with Crippen LogP contribution < -0.4 is 5.32 Å². The Labute approximate surface area is 105 Å². The molecule has 0 fully saturated rings. The summed E-state index contributed by atoms with van der Waals surface area (Å²) >= 11 is 0. The number of rotatable bonds is 9. The zero-order chi connectivity index (χ0) is 13.3. The van der Waals surface area contributed by atoms with Gasteiger partial charge in [-0.2, -0.15) is 0 Å². The fourth-order valence-corrected chi connectivity index (χ4v) is 1.56. The predicted octanol–water partition coefficient (Wildman–Crippen LogP) is 1.98. The van der Waals surface area contributed by atoms with Crippen molar-refractivity contribution in [3.63, 3.8) is 0 Å². The molecule has 102 valence electrons. The highest BCUT2D eigenvalue weighted by Gasteiger charge is 2.33. The molecule has 4 nitrogen and oxygen atoms in total.